The van der Waals surface area contributed by atoms with Gasteiger partial charge in [-0.1, -0.05) is 32.0 Å². The van der Waals surface area contributed by atoms with Gasteiger partial charge in [0.15, 0.2) is 0 Å². The smallest absolute Gasteiger partial charge is 0.239 e. The van der Waals surface area contributed by atoms with E-state index >= 15 is 0 Å². The molecule has 0 radical (unpaired) electrons. The van der Waals surface area contributed by atoms with Crippen molar-refractivity contribution in [2.24, 2.45) is 5.41 Å². The lowest BCUT2D eigenvalue weighted by Gasteiger charge is -2.24. The molecule has 0 aliphatic heterocycles. The van der Waals surface area contributed by atoms with Crippen molar-refractivity contribution < 1.29 is 18.4 Å². The number of carbonyl (C=O) groups is 2. The number of halogens is 2. The highest BCUT2D eigenvalue weighted by Crippen LogP contribution is 2.27. The quantitative estimate of drug-likeness (QED) is 0.760. The molecule has 0 saturated carbocycles. The number of hydrogen-bond acceptors (Lipinski definition) is 2. The van der Waals surface area contributed by atoms with Crippen LogP contribution in [-0.2, 0) is 9.59 Å². The molecule has 26 heavy (non-hydrogen) atoms. The molecule has 4 nitrogen and oxygen atoms in total. The molecule has 2 N–H and O–H groups in total. The van der Waals surface area contributed by atoms with Crippen LogP contribution in [0.15, 0.2) is 42.5 Å². The van der Waals surface area contributed by atoms with Gasteiger partial charge in [0.25, 0.3) is 0 Å². The third kappa shape index (κ3) is 4.25. The van der Waals surface area contributed by atoms with Crippen LogP contribution >= 0.6 is 0 Å². The van der Waals surface area contributed by atoms with Crippen LogP contribution in [0.25, 0.3) is 0 Å². The van der Waals surface area contributed by atoms with Crippen molar-refractivity contribution >= 4 is 23.2 Å². The number of anilines is 2. The highest BCUT2D eigenvalue weighted by atomic mass is 19.1. The van der Waals surface area contributed by atoms with Crippen LogP contribution in [0.4, 0.5) is 20.2 Å². The van der Waals surface area contributed by atoms with Gasteiger partial charge in [-0.15, -0.1) is 0 Å². The molecule has 0 fully saturated rings. The molecule has 2 amide bonds. The number of nitrogens with one attached hydrogen (secondary N) is 2. The van der Waals surface area contributed by atoms with Crippen LogP contribution in [0.3, 0.4) is 0 Å². The zero-order valence-electron chi connectivity index (χ0n) is 15.2. The van der Waals surface area contributed by atoms with Crippen LogP contribution in [0, 0.1) is 17.0 Å². The zero-order valence-corrected chi connectivity index (χ0v) is 15.2. The summed E-state index contributed by atoms with van der Waals surface area (Å²) in [5, 5.41) is 5.11. The lowest BCUT2D eigenvalue weighted by molar-refractivity contribution is -0.135. The van der Waals surface area contributed by atoms with Crippen LogP contribution in [-0.4, -0.2) is 11.8 Å². The van der Waals surface area contributed by atoms with Crippen molar-refractivity contribution in [1.29, 1.82) is 0 Å². The van der Waals surface area contributed by atoms with Crippen molar-refractivity contribution in [2.45, 2.75) is 33.6 Å². The fourth-order valence-electron chi connectivity index (χ4n) is 2.37. The van der Waals surface area contributed by atoms with E-state index in [1.807, 2.05) is 26.0 Å². The number of benzene rings is 2. The predicted octanol–water partition coefficient (Wildman–Crippen LogP) is 4.69. The van der Waals surface area contributed by atoms with E-state index in [0.29, 0.717) is 11.8 Å². The van der Waals surface area contributed by atoms with Crippen LogP contribution in [0.2, 0.25) is 0 Å². The molecule has 0 saturated heterocycles. The Hall–Kier alpha value is -2.76. The summed E-state index contributed by atoms with van der Waals surface area (Å²) < 4.78 is 26.7. The lowest BCUT2D eigenvalue weighted by atomic mass is 9.90. The Morgan fingerprint density at radius 2 is 1.50 bits per heavy atom. The summed E-state index contributed by atoms with van der Waals surface area (Å²) in [6.45, 7) is 6.88. The molecule has 0 spiro atoms. The first-order chi connectivity index (χ1) is 12.1. The Kier molecular flexibility index (Phi) is 5.75. The zero-order chi connectivity index (χ0) is 19.5. The third-order valence-corrected chi connectivity index (χ3v) is 4.15. The van der Waals surface area contributed by atoms with Gasteiger partial charge < -0.3 is 10.6 Å². The Bertz CT molecular complexity index is 832. The standard InChI is InChI=1S/C20H22F2N2O2/c1-12(2)14-7-5-6-8-16(14)23-18(25)20(3,4)19(26)24-17-10-9-13(21)11-15(17)22/h5-12H,1-4H3,(H,23,25)(H,24,26). The van der Waals surface area contributed by atoms with E-state index < -0.39 is 28.9 Å². The van der Waals surface area contributed by atoms with Gasteiger partial charge in [-0.3, -0.25) is 9.59 Å². The van der Waals surface area contributed by atoms with E-state index in [9.17, 15) is 18.4 Å². The van der Waals surface area contributed by atoms with Crippen LogP contribution < -0.4 is 10.6 Å². The molecule has 2 aromatic carbocycles. The molecular formula is C20H22F2N2O2. The molecule has 138 valence electrons. The van der Waals surface area contributed by atoms with Crippen molar-refractivity contribution in [3.8, 4) is 0 Å². The largest absolute Gasteiger partial charge is 0.325 e. The summed E-state index contributed by atoms with van der Waals surface area (Å²) in [6, 6.07) is 10.2. The van der Waals surface area contributed by atoms with Gasteiger partial charge in [-0.2, -0.15) is 0 Å². The third-order valence-electron chi connectivity index (χ3n) is 4.15. The number of rotatable bonds is 5. The molecule has 2 aromatic rings. The molecule has 0 aliphatic rings. The number of amides is 2. The molecule has 2 rings (SSSR count). The molecular weight excluding hydrogens is 338 g/mol. The van der Waals surface area contributed by atoms with Crippen molar-refractivity contribution in [2.75, 3.05) is 10.6 Å². The number of carbonyl (C=O) groups excluding carboxylic acids is 2. The Morgan fingerprint density at radius 3 is 2.08 bits per heavy atom. The second-order valence-corrected chi connectivity index (χ2v) is 6.90. The van der Waals surface area contributed by atoms with E-state index in [1.54, 1.807) is 12.1 Å². The van der Waals surface area contributed by atoms with E-state index in [2.05, 4.69) is 10.6 Å². The van der Waals surface area contributed by atoms with E-state index in [4.69, 9.17) is 0 Å². The van der Waals surface area contributed by atoms with Gasteiger partial charge in [0.05, 0.1) is 5.69 Å². The number of para-hydroxylation sites is 1. The average molecular weight is 360 g/mol. The first kappa shape index (κ1) is 19.6. The lowest BCUT2D eigenvalue weighted by Crippen LogP contribution is -2.42. The number of hydrogen-bond donors (Lipinski definition) is 2. The minimum absolute atomic E-state index is 0.181. The van der Waals surface area contributed by atoms with Gasteiger partial charge in [-0.05, 0) is 43.5 Å². The fraction of sp³-hybridized carbons (Fsp3) is 0.300. The summed E-state index contributed by atoms with van der Waals surface area (Å²) in [7, 11) is 0. The van der Waals surface area contributed by atoms with Gasteiger partial charge in [0.1, 0.15) is 17.0 Å². The topological polar surface area (TPSA) is 58.2 Å². The molecule has 0 unspecified atom stereocenters. The molecule has 0 heterocycles. The Morgan fingerprint density at radius 1 is 0.923 bits per heavy atom. The Balaban J connectivity index is 2.18. The van der Waals surface area contributed by atoms with E-state index in [1.165, 1.54) is 13.8 Å². The molecule has 0 aromatic heterocycles. The summed E-state index contributed by atoms with van der Waals surface area (Å²) in [4.78, 5) is 25.1. The SMILES string of the molecule is CC(C)c1ccccc1NC(=O)C(C)(C)C(=O)Nc1ccc(F)cc1F. The summed E-state index contributed by atoms with van der Waals surface area (Å²) in [5.74, 6) is -2.67. The maximum absolute atomic E-state index is 13.7. The monoisotopic (exact) mass is 360 g/mol. The molecule has 6 heteroatoms. The average Bonchev–Trinajstić information content (AvgIpc) is 2.57. The maximum atomic E-state index is 13.7. The molecule has 0 atom stereocenters. The van der Waals surface area contributed by atoms with Gasteiger partial charge >= 0.3 is 0 Å². The maximum Gasteiger partial charge on any atom is 0.239 e. The fourth-order valence-corrected chi connectivity index (χ4v) is 2.37. The summed E-state index contributed by atoms with van der Waals surface area (Å²) in [6.07, 6.45) is 0. The van der Waals surface area contributed by atoms with Crippen molar-refractivity contribution in [1.82, 2.24) is 0 Å². The minimum atomic E-state index is -1.47. The van der Waals surface area contributed by atoms with Gasteiger partial charge in [-0.25, -0.2) is 8.78 Å². The molecule has 0 bridgehead atoms. The van der Waals surface area contributed by atoms with Gasteiger partial charge in [0.2, 0.25) is 11.8 Å². The van der Waals surface area contributed by atoms with E-state index in [-0.39, 0.29) is 11.6 Å². The van der Waals surface area contributed by atoms with Crippen molar-refractivity contribution in [3.63, 3.8) is 0 Å². The first-order valence-corrected chi connectivity index (χ1v) is 8.29. The summed E-state index contributed by atoms with van der Waals surface area (Å²) >= 11 is 0. The van der Waals surface area contributed by atoms with Crippen LogP contribution in [0.5, 0.6) is 0 Å². The molecule has 0 aliphatic carbocycles. The second-order valence-electron chi connectivity index (χ2n) is 6.90. The Labute approximate surface area is 151 Å². The summed E-state index contributed by atoms with van der Waals surface area (Å²) in [5.41, 5.74) is -0.0758. The van der Waals surface area contributed by atoms with Gasteiger partial charge in [0, 0.05) is 11.8 Å². The van der Waals surface area contributed by atoms with Crippen molar-refractivity contribution in [3.05, 3.63) is 59.7 Å². The second kappa shape index (κ2) is 7.64. The first-order valence-electron chi connectivity index (χ1n) is 8.29. The highest BCUT2D eigenvalue weighted by Gasteiger charge is 2.37. The minimum Gasteiger partial charge on any atom is -0.325 e. The van der Waals surface area contributed by atoms with E-state index in [0.717, 1.165) is 17.7 Å². The normalized spacial score (nSPS) is 11.3. The highest BCUT2D eigenvalue weighted by molar-refractivity contribution is 6.14. The van der Waals surface area contributed by atoms with Crippen LogP contribution in [0.1, 0.15) is 39.2 Å². The predicted molar refractivity (Wildman–Crippen MR) is 97.9 cm³/mol.